The predicted molar refractivity (Wildman–Crippen MR) is 124 cm³/mol. The summed E-state index contributed by atoms with van der Waals surface area (Å²) in [5, 5.41) is 3.71. The molecule has 2 heterocycles. The molecule has 0 unspecified atom stereocenters. The van der Waals surface area contributed by atoms with Gasteiger partial charge in [-0.25, -0.2) is 13.4 Å². The van der Waals surface area contributed by atoms with Gasteiger partial charge in [-0.3, -0.25) is 4.79 Å². The Balaban J connectivity index is 1.67. The SMILES string of the molecule is CCN(CC)S(=O)(=O)c1ccc(Cl)c(NC(=O)C2CCN(c3ccc(Cl)cn3)CC2)c1. The van der Waals surface area contributed by atoms with Gasteiger partial charge in [-0.05, 0) is 43.2 Å². The lowest BCUT2D eigenvalue weighted by Crippen LogP contribution is -2.38. The number of hydrogen-bond donors (Lipinski definition) is 1. The molecule has 0 atom stereocenters. The minimum Gasteiger partial charge on any atom is -0.357 e. The number of hydrogen-bond acceptors (Lipinski definition) is 5. The van der Waals surface area contributed by atoms with Crippen molar-refractivity contribution in [3.63, 3.8) is 0 Å². The zero-order chi connectivity index (χ0) is 22.6. The van der Waals surface area contributed by atoms with Crippen LogP contribution in [-0.4, -0.2) is 49.8 Å². The highest BCUT2D eigenvalue weighted by molar-refractivity contribution is 7.89. The van der Waals surface area contributed by atoms with Crippen LogP contribution in [0.4, 0.5) is 11.5 Å². The van der Waals surface area contributed by atoms with Gasteiger partial charge in [0.1, 0.15) is 5.82 Å². The predicted octanol–water partition coefficient (Wildman–Crippen LogP) is 4.27. The zero-order valence-corrected chi connectivity index (χ0v) is 19.8. The van der Waals surface area contributed by atoms with E-state index in [-0.39, 0.29) is 16.7 Å². The maximum Gasteiger partial charge on any atom is 0.243 e. The molecule has 3 rings (SSSR count). The number of piperidine rings is 1. The molecule has 0 bridgehead atoms. The molecule has 31 heavy (non-hydrogen) atoms. The van der Waals surface area contributed by atoms with Crippen LogP contribution in [0.2, 0.25) is 10.0 Å². The van der Waals surface area contributed by atoms with Crippen molar-refractivity contribution in [2.75, 3.05) is 36.4 Å². The second-order valence-corrected chi connectivity index (χ2v) is 10.1. The topological polar surface area (TPSA) is 82.6 Å². The maximum atomic E-state index is 12.8. The van der Waals surface area contributed by atoms with E-state index in [4.69, 9.17) is 23.2 Å². The molecule has 10 heteroatoms. The number of carbonyl (C=O) groups is 1. The molecular formula is C21H26Cl2N4O3S. The Morgan fingerprint density at radius 1 is 1.16 bits per heavy atom. The van der Waals surface area contributed by atoms with Crippen LogP contribution in [-0.2, 0) is 14.8 Å². The molecule has 1 aromatic carbocycles. The van der Waals surface area contributed by atoms with Crippen molar-refractivity contribution in [1.82, 2.24) is 9.29 Å². The average molecular weight is 485 g/mol. The van der Waals surface area contributed by atoms with Crippen molar-refractivity contribution in [3.05, 3.63) is 46.6 Å². The Hall–Kier alpha value is -1.87. The Morgan fingerprint density at radius 2 is 1.84 bits per heavy atom. The van der Waals surface area contributed by atoms with Gasteiger partial charge in [0, 0.05) is 38.3 Å². The molecule has 1 aliphatic heterocycles. The molecule has 7 nitrogen and oxygen atoms in total. The first kappa shape index (κ1) is 23.8. The van der Waals surface area contributed by atoms with Crippen LogP contribution in [0.25, 0.3) is 0 Å². The van der Waals surface area contributed by atoms with Crippen molar-refractivity contribution < 1.29 is 13.2 Å². The lowest BCUT2D eigenvalue weighted by atomic mass is 9.96. The van der Waals surface area contributed by atoms with Gasteiger partial charge in [0.25, 0.3) is 0 Å². The van der Waals surface area contributed by atoms with Gasteiger partial charge in [0.2, 0.25) is 15.9 Å². The molecule has 0 saturated carbocycles. The molecule has 1 aromatic heterocycles. The molecule has 2 aromatic rings. The first-order chi connectivity index (χ1) is 14.8. The van der Waals surface area contributed by atoms with Gasteiger partial charge in [0.15, 0.2) is 0 Å². The highest BCUT2D eigenvalue weighted by Gasteiger charge is 2.27. The van der Waals surface area contributed by atoms with Crippen LogP contribution in [0.1, 0.15) is 26.7 Å². The quantitative estimate of drug-likeness (QED) is 0.633. The van der Waals surface area contributed by atoms with E-state index in [1.165, 1.54) is 22.5 Å². The Morgan fingerprint density at radius 3 is 2.42 bits per heavy atom. The van der Waals surface area contributed by atoms with Crippen LogP contribution in [0.3, 0.4) is 0 Å². The van der Waals surface area contributed by atoms with E-state index in [2.05, 4.69) is 15.2 Å². The van der Waals surface area contributed by atoms with Gasteiger partial charge in [-0.15, -0.1) is 0 Å². The van der Waals surface area contributed by atoms with E-state index in [9.17, 15) is 13.2 Å². The van der Waals surface area contributed by atoms with Gasteiger partial charge in [-0.1, -0.05) is 37.0 Å². The summed E-state index contributed by atoms with van der Waals surface area (Å²) in [6, 6.07) is 8.06. The van der Waals surface area contributed by atoms with E-state index < -0.39 is 10.0 Å². The smallest absolute Gasteiger partial charge is 0.243 e. The number of sulfonamides is 1. The van der Waals surface area contributed by atoms with Gasteiger partial charge < -0.3 is 10.2 Å². The monoisotopic (exact) mass is 484 g/mol. The molecule has 0 aliphatic carbocycles. The summed E-state index contributed by atoms with van der Waals surface area (Å²) in [5.41, 5.74) is 0.307. The van der Waals surface area contributed by atoms with Gasteiger partial charge in [-0.2, -0.15) is 4.31 Å². The summed E-state index contributed by atoms with van der Waals surface area (Å²) in [6.45, 7) is 5.68. The van der Waals surface area contributed by atoms with E-state index in [1.54, 1.807) is 26.1 Å². The molecular weight excluding hydrogens is 459 g/mol. The summed E-state index contributed by atoms with van der Waals surface area (Å²) in [5.74, 6) is 0.478. The van der Waals surface area contributed by atoms with E-state index in [0.29, 0.717) is 54.8 Å². The molecule has 1 N–H and O–H groups in total. The molecule has 1 saturated heterocycles. The number of rotatable bonds is 7. The summed E-state index contributed by atoms with van der Waals surface area (Å²) >= 11 is 12.1. The summed E-state index contributed by atoms with van der Waals surface area (Å²) in [4.78, 5) is 19.4. The number of amides is 1. The van der Waals surface area contributed by atoms with E-state index in [1.807, 2.05) is 6.07 Å². The van der Waals surface area contributed by atoms with Crippen LogP contribution in [0.5, 0.6) is 0 Å². The Kier molecular flexibility index (Phi) is 7.80. The van der Waals surface area contributed by atoms with Crippen LogP contribution < -0.4 is 10.2 Å². The minimum absolute atomic E-state index is 0.111. The number of aromatic nitrogens is 1. The van der Waals surface area contributed by atoms with Crippen LogP contribution >= 0.6 is 23.2 Å². The van der Waals surface area contributed by atoms with Crippen molar-refractivity contribution in [1.29, 1.82) is 0 Å². The van der Waals surface area contributed by atoms with Crippen molar-refractivity contribution in [2.45, 2.75) is 31.6 Å². The third-order valence-corrected chi connectivity index (χ3v) is 8.04. The summed E-state index contributed by atoms with van der Waals surface area (Å²) in [7, 11) is -3.64. The molecule has 1 fully saturated rings. The number of halogens is 2. The molecule has 0 spiro atoms. The minimum atomic E-state index is -3.64. The highest BCUT2D eigenvalue weighted by atomic mass is 35.5. The first-order valence-corrected chi connectivity index (χ1v) is 12.4. The number of nitrogens with one attached hydrogen (secondary N) is 1. The van der Waals surface area contributed by atoms with Gasteiger partial charge in [0.05, 0.1) is 20.6 Å². The van der Waals surface area contributed by atoms with Gasteiger partial charge >= 0.3 is 0 Å². The second-order valence-electron chi connectivity index (χ2n) is 7.32. The van der Waals surface area contributed by atoms with Crippen molar-refractivity contribution >= 4 is 50.6 Å². The summed E-state index contributed by atoms with van der Waals surface area (Å²) < 4.78 is 26.9. The summed E-state index contributed by atoms with van der Waals surface area (Å²) in [6.07, 6.45) is 2.92. The Bertz CT molecular complexity index is 1020. The second kappa shape index (κ2) is 10.2. The fourth-order valence-corrected chi connectivity index (χ4v) is 5.40. The fourth-order valence-electron chi connectivity index (χ4n) is 3.63. The zero-order valence-electron chi connectivity index (χ0n) is 17.5. The highest BCUT2D eigenvalue weighted by Crippen LogP contribution is 2.29. The van der Waals surface area contributed by atoms with E-state index >= 15 is 0 Å². The third-order valence-electron chi connectivity index (χ3n) is 5.44. The molecule has 168 valence electrons. The average Bonchev–Trinajstić information content (AvgIpc) is 2.76. The van der Waals surface area contributed by atoms with Crippen LogP contribution in [0.15, 0.2) is 41.4 Å². The largest absolute Gasteiger partial charge is 0.357 e. The fraction of sp³-hybridized carbons (Fsp3) is 0.429. The number of benzene rings is 1. The number of carbonyl (C=O) groups excluding carboxylic acids is 1. The number of pyridine rings is 1. The lowest BCUT2D eigenvalue weighted by Gasteiger charge is -2.32. The maximum absolute atomic E-state index is 12.8. The van der Waals surface area contributed by atoms with Crippen molar-refractivity contribution in [2.24, 2.45) is 5.92 Å². The standard InChI is InChI=1S/C21H26Cl2N4O3S/c1-3-27(4-2)31(29,30)17-6-7-18(23)19(13-17)25-21(28)15-9-11-26(12-10-15)20-8-5-16(22)14-24-20/h5-8,13-15H,3-4,9-12H2,1-2H3,(H,25,28). The lowest BCUT2D eigenvalue weighted by molar-refractivity contribution is -0.120. The Labute approximate surface area is 193 Å². The van der Waals surface area contributed by atoms with Crippen LogP contribution in [0, 0.1) is 5.92 Å². The molecule has 1 amide bonds. The van der Waals surface area contributed by atoms with Crippen molar-refractivity contribution in [3.8, 4) is 0 Å². The number of anilines is 2. The first-order valence-electron chi connectivity index (χ1n) is 10.2. The normalized spacial score (nSPS) is 15.3. The van der Waals surface area contributed by atoms with E-state index in [0.717, 1.165) is 5.82 Å². The third kappa shape index (κ3) is 5.49. The number of nitrogens with zero attached hydrogens (tertiary/aromatic N) is 3. The molecule has 0 radical (unpaired) electrons. The molecule has 1 aliphatic rings.